The van der Waals surface area contributed by atoms with Crippen LogP contribution in [0.5, 0.6) is 0 Å². The molecule has 0 aliphatic carbocycles. The Morgan fingerprint density at radius 2 is 2.21 bits per heavy atom. The van der Waals surface area contributed by atoms with Crippen molar-refractivity contribution in [1.29, 1.82) is 0 Å². The van der Waals surface area contributed by atoms with Crippen LogP contribution < -0.4 is 11.1 Å². The Labute approximate surface area is 113 Å². The summed E-state index contributed by atoms with van der Waals surface area (Å²) in [6, 6.07) is 7.61. The molecule has 1 aliphatic rings. The van der Waals surface area contributed by atoms with Crippen LogP contribution in [0, 0.1) is 0 Å². The minimum absolute atomic E-state index is 0.0115. The Bertz CT molecular complexity index is 417. The number of anilines is 1. The van der Waals surface area contributed by atoms with Crippen molar-refractivity contribution in [2.45, 2.75) is 18.9 Å². The third-order valence-electron chi connectivity index (χ3n) is 3.09. The average Bonchev–Trinajstić information content (AvgIpc) is 2.45. The lowest BCUT2D eigenvalue weighted by Crippen LogP contribution is -2.39. The summed E-state index contributed by atoms with van der Waals surface area (Å²) in [7, 11) is 0. The Morgan fingerprint density at radius 3 is 2.95 bits per heavy atom. The number of hydrogen-bond donors (Lipinski definition) is 2. The van der Waals surface area contributed by atoms with Gasteiger partial charge in [0.05, 0.1) is 25.9 Å². The molecule has 3 N–H and O–H groups in total. The molecule has 1 saturated heterocycles. The van der Waals surface area contributed by atoms with Gasteiger partial charge in [0.2, 0.25) is 5.91 Å². The Kier molecular flexibility index (Phi) is 5.18. The van der Waals surface area contributed by atoms with E-state index in [4.69, 9.17) is 15.2 Å². The molecule has 1 atom stereocenters. The predicted octanol–water partition coefficient (Wildman–Crippen LogP) is 0.733. The molecule has 5 heteroatoms. The summed E-state index contributed by atoms with van der Waals surface area (Å²) in [6.45, 7) is 2.29. The first-order chi connectivity index (χ1) is 9.25. The van der Waals surface area contributed by atoms with Crippen molar-refractivity contribution in [1.82, 2.24) is 5.32 Å². The fourth-order valence-corrected chi connectivity index (χ4v) is 1.98. The summed E-state index contributed by atoms with van der Waals surface area (Å²) in [6.07, 6.45) is 1.06. The predicted molar refractivity (Wildman–Crippen MR) is 72.7 cm³/mol. The lowest BCUT2D eigenvalue weighted by Gasteiger charge is -2.23. The summed E-state index contributed by atoms with van der Waals surface area (Å²) >= 11 is 0. The second kappa shape index (κ2) is 7.11. The highest BCUT2D eigenvalue weighted by Gasteiger charge is 2.15. The number of para-hydroxylation sites is 1. The molecular formula is C14H20N2O3. The molecule has 0 radical (unpaired) electrons. The van der Waals surface area contributed by atoms with Gasteiger partial charge in [0, 0.05) is 18.7 Å². The molecule has 1 heterocycles. The number of carbonyl (C=O) groups is 1. The van der Waals surface area contributed by atoms with Crippen molar-refractivity contribution < 1.29 is 14.3 Å². The molecule has 0 aromatic heterocycles. The van der Waals surface area contributed by atoms with Crippen molar-refractivity contribution in [3.8, 4) is 0 Å². The normalized spacial score (nSPS) is 19.1. The number of nitrogens with one attached hydrogen (secondary N) is 1. The number of nitrogens with two attached hydrogens (primary N) is 1. The molecule has 0 spiro atoms. The standard InChI is InChI=1S/C14H20N2O3/c15-13-4-2-1-3-11(13)5-6-14(17)16-9-12-10-18-7-8-19-12/h1-4,12H,5-10,15H2,(H,16,17). The van der Waals surface area contributed by atoms with Crippen LogP contribution in [0.15, 0.2) is 24.3 Å². The van der Waals surface area contributed by atoms with Crippen LogP contribution in [0.1, 0.15) is 12.0 Å². The van der Waals surface area contributed by atoms with Crippen LogP contribution in [-0.4, -0.2) is 38.4 Å². The molecule has 5 nitrogen and oxygen atoms in total. The van der Waals surface area contributed by atoms with Gasteiger partial charge in [-0.2, -0.15) is 0 Å². The fourth-order valence-electron chi connectivity index (χ4n) is 1.98. The molecule has 104 valence electrons. The quantitative estimate of drug-likeness (QED) is 0.769. The second-order valence-electron chi connectivity index (χ2n) is 4.57. The zero-order valence-corrected chi connectivity index (χ0v) is 10.9. The SMILES string of the molecule is Nc1ccccc1CCC(=O)NCC1COCCO1. The lowest BCUT2D eigenvalue weighted by atomic mass is 10.1. The highest BCUT2D eigenvalue weighted by molar-refractivity contribution is 5.76. The largest absolute Gasteiger partial charge is 0.399 e. The van der Waals surface area contributed by atoms with E-state index in [-0.39, 0.29) is 12.0 Å². The van der Waals surface area contributed by atoms with E-state index < -0.39 is 0 Å². The molecule has 1 amide bonds. The van der Waals surface area contributed by atoms with Crippen LogP contribution in [-0.2, 0) is 20.7 Å². The summed E-state index contributed by atoms with van der Waals surface area (Å²) < 4.78 is 10.7. The second-order valence-corrected chi connectivity index (χ2v) is 4.57. The van der Waals surface area contributed by atoms with Crippen molar-refractivity contribution in [3.63, 3.8) is 0 Å². The maximum Gasteiger partial charge on any atom is 0.220 e. The van der Waals surface area contributed by atoms with E-state index >= 15 is 0 Å². The van der Waals surface area contributed by atoms with Crippen molar-refractivity contribution in [3.05, 3.63) is 29.8 Å². The van der Waals surface area contributed by atoms with Crippen molar-refractivity contribution in [2.24, 2.45) is 0 Å². The van der Waals surface area contributed by atoms with Crippen LogP contribution in [0.2, 0.25) is 0 Å². The van der Waals surface area contributed by atoms with E-state index in [0.29, 0.717) is 39.2 Å². The first kappa shape index (κ1) is 13.8. The monoisotopic (exact) mass is 264 g/mol. The first-order valence-corrected chi connectivity index (χ1v) is 6.55. The van der Waals surface area contributed by atoms with Gasteiger partial charge in [-0.15, -0.1) is 0 Å². The molecule has 2 rings (SSSR count). The Morgan fingerprint density at radius 1 is 1.37 bits per heavy atom. The number of rotatable bonds is 5. The van der Waals surface area contributed by atoms with Gasteiger partial charge < -0.3 is 20.5 Å². The van der Waals surface area contributed by atoms with Gasteiger partial charge >= 0.3 is 0 Å². The van der Waals surface area contributed by atoms with Crippen LogP contribution >= 0.6 is 0 Å². The van der Waals surface area contributed by atoms with Crippen LogP contribution in [0.25, 0.3) is 0 Å². The minimum Gasteiger partial charge on any atom is -0.399 e. The van der Waals surface area contributed by atoms with Crippen LogP contribution in [0.3, 0.4) is 0 Å². The van der Waals surface area contributed by atoms with Gasteiger partial charge in [-0.05, 0) is 18.1 Å². The Hall–Kier alpha value is -1.59. The van der Waals surface area contributed by atoms with Crippen molar-refractivity contribution in [2.75, 3.05) is 32.1 Å². The maximum atomic E-state index is 11.7. The number of benzene rings is 1. The number of amides is 1. The summed E-state index contributed by atoms with van der Waals surface area (Å²) in [5.74, 6) is 0.0115. The zero-order valence-electron chi connectivity index (χ0n) is 10.9. The zero-order chi connectivity index (χ0) is 13.5. The van der Waals surface area contributed by atoms with Gasteiger partial charge in [-0.25, -0.2) is 0 Å². The molecule has 1 unspecified atom stereocenters. The molecule has 1 aliphatic heterocycles. The van der Waals surface area contributed by atoms with Gasteiger partial charge in [0.25, 0.3) is 0 Å². The minimum atomic E-state index is -0.0282. The highest BCUT2D eigenvalue weighted by Crippen LogP contribution is 2.12. The number of hydrogen-bond acceptors (Lipinski definition) is 4. The van der Waals surface area contributed by atoms with E-state index in [1.54, 1.807) is 0 Å². The fraction of sp³-hybridized carbons (Fsp3) is 0.500. The number of aryl methyl sites for hydroxylation is 1. The molecule has 19 heavy (non-hydrogen) atoms. The molecule has 0 saturated carbocycles. The summed E-state index contributed by atoms with van der Waals surface area (Å²) in [5.41, 5.74) is 7.57. The smallest absolute Gasteiger partial charge is 0.220 e. The molecule has 1 fully saturated rings. The highest BCUT2D eigenvalue weighted by atomic mass is 16.6. The van der Waals surface area contributed by atoms with Crippen molar-refractivity contribution >= 4 is 11.6 Å². The number of carbonyl (C=O) groups excluding carboxylic acids is 1. The van der Waals surface area contributed by atoms with E-state index in [1.165, 1.54) is 0 Å². The first-order valence-electron chi connectivity index (χ1n) is 6.55. The number of nitrogen functional groups attached to an aromatic ring is 1. The van der Waals surface area contributed by atoms with Crippen LogP contribution in [0.4, 0.5) is 5.69 Å². The Balaban J connectivity index is 1.68. The molecule has 1 aromatic carbocycles. The lowest BCUT2D eigenvalue weighted by molar-refractivity contribution is -0.123. The molecule has 0 bridgehead atoms. The van der Waals surface area contributed by atoms with Gasteiger partial charge in [0.1, 0.15) is 0 Å². The maximum absolute atomic E-state index is 11.7. The van der Waals surface area contributed by atoms with Gasteiger partial charge in [-0.3, -0.25) is 4.79 Å². The molecular weight excluding hydrogens is 244 g/mol. The summed E-state index contributed by atoms with van der Waals surface area (Å²) in [4.78, 5) is 11.7. The topological polar surface area (TPSA) is 73.6 Å². The van der Waals surface area contributed by atoms with E-state index in [1.807, 2.05) is 24.3 Å². The van der Waals surface area contributed by atoms with Gasteiger partial charge in [-0.1, -0.05) is 18.2 Å². The van der Waals surface area contributed by atoms with Gasteiger partial charge in [0.15, 0.2) is 0 Å². The number of ether oxygens (including phenoxy) is 2. The van der Waals surface area contributed by atoms with E-state index in [9.17, 15) is 4.79 Å². The molecule has 1 aromatic rings. The van der Waals surface area contributed by atoms with E-state index in [0.717, 1.165) is 11.3 Å². The summed E-state index contributed by atoms with van der Waals surface area (Å²) in [5, 5.41) is 2.86. The average molecular weight is 264 g/mol. The van der Waals surface area contributed by atoms with E-state index in [2.05, 4.69) is 5.32 Å². The third kappa shape index (κ3) is 4.54. The third-order valence-corrected chi connectivity index (χ3v) is 3.09.